The largest absolute Gasteiger partial charge is 0.459 e. The Morgan fingerprint density at radius 1 is 0.815 bits per heavy atom. The summed E-state index contributed by atoms with van der Waals surface area (Å²) in [5.74, 6) is -0.908. The number of aliphatic hydroxyl groups excluding tert-OH is 1. The maximum Gasteiger partial charge on any atom is 0.408 e. The van der Waals surface area contributed by atoms with Crippen molar-refractivity contribution in [2.45, 2.75) is 157 Å². The number of nitrogens with one attached hydrogen (secondary N) is 3. The van der Waals surface area contributed by atoms with Crippen molar-refractivity contribution in [2.75, 3.05) is 20.4 Å². The average Bonchev–Trinajstić information content (AvgIpc) is 2.94. The van der Waals surface area contributed by atoms with Crippen molar-refractivity contribution in [1.82, 2.24) is 16.0 Å². The van der Waals surface area contributed by atoms with E-state index in [1.165, 1.54) is 13.8 Å². The number of carbonyl (C=O) groups is 6. The number of allylic oxidation sites excluding steroid dienone is 1. The van der Waals surface area contributed by atoms with E-state index >= 15 is 0 Å². The predicted molar refractivity (Wildman–Crippen MR) is 209 cm³/mol. The van der Waals surface area contributed by atoms with Crippen molar-refractivity contribution < 1.29 is 62.3 Å². The zero-order chi connectivity index (χ0) is 43.2. The van der Waals surface area contributed by atoms with E-state index in [9.17, 15) is 33.9 Å². The lowest BCUT2D eigenvalue weighted by Crippen LogP contribution is -2.51. The third-order valence-electron chi connectivity index (χ3n) is 6.17. The van der Waals surface area contributed by atoms with E-state index in [1.54, 1.807) is 62.4 Å². The van der Waals surface area contributed by atoms with Crippen molar-refractivity contribution in [3.63, 3.8) is 0 Å². The van der Waals surface area contributed by atoms with E-state index < -0.39 is 79.2 Å². The normalized spacial score (nSPS) is 14.1. The molecule has 2 amide bonds. The summed E-state index contributed by atoms with van der Waals surface area (Å²) in [7, 11) is 0.483. The molecule has 5 atom stereocenters. The van der Waals surface area contributed by atoms with Crippen molar-refractivity contribution in [2.24, 2.45) is 5.92 Å². The van der Waals surface area contributed by atoms with Crippen LogP contribution in [0.1, 0.15) is 89.5 Å². The molecule has 0 spiro atoms. The standard InChI is InChI=1S/C17H32N2O5.C15H31NO6Si.C4H5ClO2/c1-10(2)9-13(18-8)15(21)23-12(4)14(11(3)20)19-16(22)24-17(5,6)7;1-11(17)12(16-14(19)22-15(2,3)4)13(18)21-10-20-8-9-23(5,6)7;1-3(2)7-4(5)6/h10,12-14,18H,9H2,1-8H3,(H,19,22);11-12,17H,8-10H2,1-7H3,(H,16,19);1H2,2H3/t12-,13+,14-;11-,12+;/m11./s1. The van der Waals surface area contributed by atoms with Gasteiger partial charge in [0, 0.05) is 26.3 Å². The van der Waals surface area contributed by atoms with Crippen LogP contribution in [-0.4, -0.2) is 111 Å². The molecule has 0 aromatic carbocycles. The maximum atomic E-state index is 12.2. The molecule has 316 valence electrons. The Bertz CT molecular complexity index is 1180. The SMILES string of the molecule is C=C(C)OC(=O)Cl.CN[C@@H](CC(C)C)C(=O)O[C@H](C)[C@H](NC(=O)OC(C)(C)C)C(C)=O.C[C@@H](O)[C@H](NC(=O)OC(C)(C)C)C(=O)OCOCC[Si](C)(C)C. The van der Waals surface area contributed by atoms with Gasteiger partial charge in [0.15, 0.2) is 18.6 Å². The molecule has 16 nitrogen and oxygen atoms in total. The third kappa shape index (κ3) is 33.3. The molecule has 0 saturated carbocycles. The molecule has 0 bridgehead atoms. The minimum atomic E-state index is -1.20. The van der Waals surface area contributed by atoms with Gasteiger partial charge in [0.25, 0.3) is 0 Å². The smallest absolute Gasteiger partial charge is 0.408 e. The van der Waals surface area contributed by atoms with Gasteiger partial charge in [-0.15, -0.1) is 0 Å². The van der Waals surface area contributed by atoms with Crippen molar-refractivity contribution in [3.05, 3.63) is 12.3 Å². The summed E-state index contributed by atoms with van der Waals surface area (Å²) in [5.41, 5.74) is -2.22. The number of halogens is 1. The van der Waals surface area contributed by atoms with Gasteiger partial charge in [-0.1, -0.05) is 40.1 Å². The number of aliphatic hydroxyl groups is 1. The molecule has 0 aromatic heterocycles. The molecule has 4 N–H and O–H groups in total. The molecule has 0 rings (SSSR count). The number of Topliss-reactive ketones (excluding diaryl/α,β-unsaturated/α-hetero) is 1. The van der Waals surface area contributed by atoms with E-state index in [0.29, 0.717) is 24.7 Å². The summed E-state index contributed by atoms with van der Waals surface area (Å²) in [6.45, 7) is 30.4. The number of likely N-dealkylation sites (N-methyl/N-ethyl adjacent to an activating group) is 1. The zero-order valence-corrected chi connectivity index (χ0v) is 37.0. The van der Waals surface area contributed by atoms with Crippen LogP contribution in [0.25, 0.3) is 0 Å². The van der Waals surface area contributed by atoms with Gasteiger partial charge in [-0.25, -0.2) is 19.2 Å². The number of carbonyl (C=O) groups excluding carboxylic acids is 6. The van der Waals surface area contributed by atoms with E-state index in [2.05, 4.69) is 46.9 Å². The second-order valence-corrected chi connectivity index (χ2v) is 22.0. The van der Waals surface area contributed by atoms with Gasteiger partial charge in [-0.3, -0.25) is 9.59 Å². The second-order valence-electron chi connectivity index (χ2n) is 16.1. The highest BCUT2D eigenvalue weighted by Crippen LogP contribution is 2.12. The van der Waals surface area contributed by atoms with E-state index in [1.807, 2.05) is 13.8 Å². The lowest BCUT2D eigenvalue weighted by atomic mass is 10.0. The molecule has 0 fully saturated rings. The van der Waals surface area contributed by atoms with Gasteiger partial charge in [0.2, 0.25) is 0 Å². The summed E-state index contributed by atoms with van der Waals surface area (Å²) in [6.07, 6.45) is -2.81. The minimum Gasteiger partial charge on any atom is -0.459 e. The average molecular weight is 814 g/mol. The Labute approximate surface area is 328 Å². The van der Waals surface area contributed by atoms with Gasteiger partial charge in [-0.05, 0) is 94.7 Å². The summed E-state index contributed by atoms with van der Waals surface area (Å²) in [6, 6.07) is -1.66. The van der Waals surface area contributed by atoms with Gasteiger partial charge >= 0.3 is 29.6 Å². The summed E-state index contributed by atoms with van der Waals surface area (Å²) in [4.78, 5) is 69.2. The first-order chi connectivity index (χ1) is 24.3. The number of hydrogen-bond donors (Lipinski definition) is 4. The Morgan fingerprint density at radius 3 is 1.59 bits per heavy atom. The highest BCUT2D eigenvalue weighted by Gasteiger charge is 2.32. The van der Waals surface area contributed by atoms with Gasteiger partial charge in [-0.2, -0.15) is 0 Å². The number of hydrogen-bond acceptors (Lipinski definition) is 14. The number of esters is 2. The van der Waals surface area contributed by atoms with Crippen LogP contribution in [0.4, 0.5) is 14.4 Å². The predicted octanol–water partition coefficient (Wildman–Crippen LogP) is 6.05. The zero-order valence-electron chi connectivity index (χ0n) is 35.2. The molecule has 0 heterocycles. The van der Waals surface area contributed by atoms with Crippen molar-refractivity contribution >= 4 is 55.0 Å². The number of ketones is 1. The summed E-state index contributed by atoms with van der Waals surface area (Å²) in [5, 5.41) is 17.3. The Hall–Kier alpha value is -3.25. The monoisotopic (exact) mass is 813 g/mol. The highest BCUT2D eigenvalue weighted by molar-refractivity contribution is 6.76. The first-order valence-electron chi connectivity index (χ1n) is 17.6. The summed E-state index contributed by atoms with van der Waals surface area (Å²) < 4.78 is 29.9. The van der Waals surface area contributed by atoms with Gasteiger partial charge < -0.3 is 49.5 Å². The van der Waals surface area contributed by atoms with E-state index in [0.717, 1.165) is 6.04 Å². The van der Waals surface area contributed by atoms with E-state index in [-0.39, 0.29) is 12.6 Å². The van der Waals surface area contributed by atoms with Crippen LogP contribution in [0.15, 0.2) is 12.3 Å². The number of alkyl carbamates (subject to hydrolysis) is 2. The Morgan fingerprint density at radius 2 is 1.28 bits per heavy atom. The van der Waals surface area contributed by atoms with Crippen LogP contribution in [0.3, 0.4) is 0 Å². The number of amides is 2. The van der Waals surface area contributed by atoms with Gasteiger partial charge in [0.1, 0.15) is 29.4 Å². The molecule has 54 heavy (non-hydrogen) atoms. The van der Waals surface area contributed by atoms with Crippen LogP contribution in [0.5, 0.6) is 0 Å². The first-order valence-corrected chi connectivity index (χ1v) is 21.7. The highest BCUT2D eigenvalue weighted by atomic mass is 35.5. The Balaban J connectivity index is -0.000000818. The van der Waals surface area contributed by atoms with Crippen molar-refractivity contribution in [3.8, 4) is 0 Å². The van der Waals surface area contributed by atoms with Crippen LogP contribution >= 0.6 is 11.6 Å². The molecular weight excluding hydrogens is 746 g/mol. The lowest BCUT2D eigenvalue weighted by Gasteiger charge is -2.27. The third-order valence-corrected chi connectivity index (χ3v) is 7.95. The fourth-order valence-electron chi connectivity index (χ4n) is 3.70. The number of rotatable bonds is 17. The molecule has 18 heteroatoms. The molecule has 0 aliphatic carbocycles. The molecular formula is C36H68ClN3O13Si. The molecule has 0 unspecified atom stereocenters. The maximum absolute atomic E-state index is 12.2. The second kappa shape index (κ2) is 26.5. The van der Waals surface area contributed by atoms with E-state index in [4.69, 9.17) is 35.3 Å². The summed E-state index contributed by atoms with van der Waals surface area (Å²) >= 11 is 4.75. The molecule has 0 aliphatic rings. The van der Waals surface area contributed by atoms with Crippen LogP contribution in [0, 0.1) is 5.92 Å². The fourth-order valence-corrected chi connectivity index (χ4v) is 4.58. The first kappa shape index (κ1) is 55.1. The molecule has 0 radical (unpaired) electrons. The van der Waals surface area contributed by atoms with Crippen LogP contribution < -0.4 is 16.0 Å². The quantitative estimate of drug-likeness (QED) is 0.0251. The molecule has 0 saturated heterocycles. The fraction of sp³-hybridized carbons (Fsp3) is 0.778. The van der Waals surface area contributed by atoms with Crippen LogP contribution in [0.2, 0.25) is 25.7 Å². The lowest BCUT2D eigenvalue weighted by molar-refractivity contribution is -0.161. The van der Waals surface area contributed by atoms with Crippen molar-refractivity contribution in [1.29, 1.82) is 0 Å². The van der Waals surface area contributed by atoms with Gasteiger partial charge in [0.05, 0.1) is 11.9 Å². The molecule has 0 aromatic rings. The van der Waals surface area contributed by atoms with Crippen LogP contribution in [-0.2, 0) is 42.8 Å². The minimum absolute atomic E-state index is 0.206. The topological polar surface area (TPSA) is 214 Å². The number of ether oxygens (including phenoxy) is 6. The Kier molecular flexibility index (Phi) is 27.1. The molecule has 0 aliphatic heterocycles.